The molecular weight excluding hydrogens is 372 g/mol. The van der Waals surface area contributed by atoms with Gasteiger partial charge >= 0.3 is 0 Å². The Morgan fingerprint density at radius 3 is 2.86 bits per heavy atom. The van der Waals surface area contributed by atoms with Crippen molar-refractivity contribution in [3.8, 4) is 0 Å². The summed E-state index contributed by atoms with van der Waals surface area (Å²) in [4.78, 5) is 22.2. The molecule has 2 saturated heterocycles. The molecule has 4 rings (SSSR count). The van der Waals surface area contributed by atoms with Gasteiger partial charge < -0.3 is 10.1 Å². The predicted octanol–water partition coefficient (Wildman–Crippen LogP) is 2.66. The van der Waals surface area contributed by atoms with E-state index in [9.17, 15) is 4.79 Å². The zero-order chi connectivity index (χ0) is 19.6. The molecule has 2 aromatic rings. The summed E-state index contributed by atoms with van der Waals surface area (Å²) in [5.74, 6) is 0.106. The lowest BCUT2D eigenvalue weighted by Gasteiger charge is -2.41. The number of likely N-dealkylation sites (tertiary alicyclic amines) is 1. The van der Waals surface area contributed by atoms with Crippen molar-refractivity contribution < 1.29 is 9.53 Å². The number of amides is 1. The molecule has 28 heavy (non-hydrogen) atoms. The van der Waals surface area contributed by atoms with Gasteiger partial charge in [0.25, 0.3) is 0 Å². The summed E-state index contributed by atoms with van der Waals surface area (Å²) >= 11 is 1.76. The van der Waals surface area contributed by atoms with Crippen molar-refractivity contribution in [2.45, 2.75) is 38.3 Å². The fourth-order valence-corrected chi connectivity index (χ4v) is 5.30. The van der Waals surface area contributed by atoms with Crippen LogP contribution >= 0.6 is 11.3 Å². The molecule has 2 aliphatic heterocycles. The number of nitrogens with zero attached hydrogens (tertiary/aromatic N) is 3. The van der Waals surface area contributed by atoms with Crippen LogP contribution < -0.4 is 5.32 Å². The molecule has 1 amide bonds. The van der Waals surface area contributed by atoms with E-state index in [0.29, 0.717) is 13.1 Å². The van der Waals surface area contributed by atoms with Gasteiger partial charge in [-0.05, 0) is 45.4 Å². The van der Waals surface area contributed by atoms with Gasteiger partial charge in [0.2, 0.25) is 5.91 Å². The summed E-state index contributed by atoms with van der Waals surface area (Å²) in [6.07, 6.45) is 2.19. The Morgan fingerprint density at radius 2 is 2.07 bits per heavy atom. The molecule has 0 radical (unpaired) electrons. The first-order chi connectivity index (χ1) is 13.5. The number of benzene rings is 1. The number of morpholine rings is 1. The average molecular weight is 403 g/mol. The number of thiazole rings is 1. The molecule has 6 nitrogen and oxygen atoms in total. The summed E-state index contributed by atoms with van der Waals surface area (Å²) in [7, 11) is 0. The molecule has 7 heteroatoms. The predicted molar refractivity (Wildman–Crippen MR) is 113 cm³/mol. The van der Waals surface area contributed by atoms with Crippen molar-refractivity contribution in [1.82, 2.24) is 20.1 Å². The van der Waals surface area contributed by atoms with E-state index in [2.05, 4.69) is 47.2 Å². The molecule has 152 valence electrons. The zero-order valence-corrected chi connectivity index (χ0v) is 17.6. The second-order valence-electron chi connectivity index (χ2n) is 8.34. The first-order valence-corrected chi connectivity index (χ1v) is 11.0. The standard InChI is InChI=1S/C21H30N4O2S/c1-21(2,25-10-12-27-13-11-25)15-22-19(26)14-24-9-5-7-17(24)20-23-16-6-3-4-8-18(16)28-20/h3-4,6,8,17H,5,7,9-15H2,1-2H3,(H,22,26). The van der Waals surface area contributed by atoms with Crippen LogP contribution in [0.1, 0.15) is 37.7 Å². The van der Waals surface area contributed by atoms with Gasteiger partial charge in [-0.2, -0.15) is 0 Å². The first-order valence-electron chi connectivity index (χ1n) is 10.2. The van der Waals surface area contributed by atoms with E-state index in [4.69, 9.17) is 9.72 Å². The first kappa shape index (κ1) is 19.8. The maximum atomic E-state index is 12.7. The van der Waals surface area contributed by atoms with E-state index in [1.807, 2.05) is 6.07 Å². The van der Waals surface area contributed by atoms with Crippen LogP contribution in [-0.2, 0) is 9.53 Å². The number of fused-ring (bicyclic) bond motifs is 1. The van der Waals surface area contributed by atoms with E-state index in [0.717, 1.165) is 56.2 Å². The molecule has 0 aliphatic carbocycles. The zero-order valence-electron chi connectivity index (χ0n) is 16.8. The second kappa shape index (κ2) is 8.45. The van der Waals surface area contributed by atoms with Crippen molar-refractivity contribution in [2.24, 2.45) is 0 Å². The summed E-state index contributed by atoms with van der Waals surface area (Å²) < 4.78 is 6.67. The van der Waals surface area contributed by atoms with E-state index in [1.165, 1.54) is 4.70 Å². The number of aromatic nitrogens is 1. The number of para-hydroxylation sites is 1. The molecule has 3 heterocycles. The number of hydrogen-bond donors (Lipinski definition) is 1. The highest BCUT2D eigenvalue weighted by Gasteiger charge is 2.32. The number of ether oxygens (including phenoxy) is 1. The Kier molecular flexibility index (Phi) is 5.96. The van der Waals surface area contributed by atoms with Crippen LogP contribution in [0.2, 0.25) is 0 Å². The minimum atomic E-state index is -0.0586. The van der Waals surface area contributed by atoms with Crippen LogP contribution in [0.15, 0.2) is 24.3 Å². The largest absolute Gasteiger partial charge is 0.379 e. The summed E-state index contributed by atoms with van der Waals surface area (Å²) in [5, 5.41) is 4.30. The minimum absolute atomic E-state index is 0.0586. The molecule has 2 aliphatic rings. The average Bonchev–Trinajstić information content (AvgIpc) is 3.33. The highest BCUT2D eigenvalue weighted by Crippen LogP contribution is 2.36. The highest BCUT2D eigenvalue weighted by molar-refractivity contribution is 7.18. The fraction of sp³-hybridized carbons (Fsp3) is 0.619. The van der Waals surface area contributed by atoms with E-state index in [1.54, 1.807) is 11.3 Å². The number of nitrogens with one attached hydrogen (secondary N) is 1. The lowest BCUT2D eigenvalue weighted by molar-refractivity contribution is -0.123. The van der Waals surface area contributed by atoms with Crippen molar-refractivity contribution in [1.29, 1.82) is 0 Å². The monoisotopic (exact) mass is 402 g/mol. The van der Waals surface area contributed by atoms with Crippen LogP contribution in [-0.4, -0.2) is 72.2 Å². The molecular formula is C21H30N4O2S. The fourth-order valence-electron chi connectivity index (χ4n) is 4.16. The van der Waals surface area contributed by atoms with Gasteiger partial charge in [0.1, 0.15) is 5.01 Å². The van der Waals surface area contributed by atoms with E-state index >= 15 is 0 Å². The third-order valence-electron chi connectivity index (χ3n) is 5.89. The van der Waals surface area contributed by atoms with Gasteiger partial charge in [-0.3, -0.25) is 14.6 Å². The summed E-state index contributed by atoms with van der Waals surface area (Å²) in [5.41, 5.74) is 1.00. The Bertz CT molecular complexity index is 783. The topological polar surface area (TPSA) is 57.7 Å². The van der Waals surface area contributed by atoms with Crippen molar-refractivity contribution >= 4 is 27.5 Å². The SMILES string of the molecule is CC(C)(CNC(=O)CN1CCCC1c1nc2ccccc2s1)N1CCOCC1. The number of carbonyl (C=O) groups is 1. The minimum Gasteiger partial charge on any atom is -0.379 e. The molecule has 1 unspecified atom stereocenters. The Morgan fingerprint density at radius 1 is 1.29 bits per heavy atom. The molecule has 0 saturated carbocycles. The molecule has 0 bridgehead atoms. The van der Waals surface area contributed by atoms with Crippen molar-refractivity contribution in [3.05, 3.63) is 29.3 Å². The Balaban J connectivity index is 1.34. The molecule has 2 fully saturated rings. The third-order valence-corrected chi connectivity index (χ3v) is 7.03. The molecule has 0 spiro atoms. The van der Waals surface area contributed by atoms with Crippen LogP contribution in [0.4, 0.5) is 0 Å². The van der Waals surface area contributed by atoms with Crippen LogP contribution in [0.3, 0.4) is 0 Å². The quantitative estimate of drug-likeness (QED) is 0.805. The van der Waals surface area contributed by atoms with Crippen LogP contribution in [0, 0.1) is 0 Å². The van der Waals surface area contributed by atoms with Gasteiger partial charge in [0.15, 0.2) is 0 Å². The van der Waals surface area contributed by atoms with Gasteiger partial charge in [0, 0.05) is 25.2 Å². The van der Waals surface area contributed by atoms with Gasteiger partial charge in [-0.1, -0.05) is 12.1 Å². The third kappa shape index (κ3) is 4.38. The number of hydrogen-bond acceptors (Lipinski definition) is 6. The highest BCUT2D eigenvalue weighted by atomic mass is 32.1. The normalized spacial score (nSPS) is 22.0. The second-order valence-corrected chi connectivity index (χ2v) is 9.40. The van der Waals surface area contributed by atoms with Gasteiger partial charge in [0.05, 0.1) is 36.0 Å². The van der Waals surface area contributed by atoms with Gasteiger partial charge in [-0.25, -0.2) is 4.98 Å². The summed E-state index contributed by atoms with van der Waals surface area (Å²) in [6.45, 7) is 9.84. The molecule has 1 aromatic carbocycles. The van der Waals surface area contributed by atoms with Gasteiger partial charge in [-0.15, -0.1) is 11.3 Å². The maximum Gasteiger partial charge on any atom is 0.234 e. The van der Waals surface area contributed by atoms with Crippen molar-refractivity contribution in [2.75, 3.05) is 45.9 Å². The van der Waals surface area contributed by atoms with E-state index in [-0.39, 0.29) is 17.5 Å². The van der Waals surface area contributed by atoms with E-state index < -0.39 is 0 Å². The lowest BCUT2D eigenvalue weighted by atomic mass is 10.0. The van der Waals surface area contributed by atoms with Crippen molar-refractivity contribution in [3.63, 3.8) is 0 Å². The number of carbonyl (C=O) groups excluding carboxylic acids is 1. The molecule has 1 N–H and O–H groups in total. The van der Waals surface area contributed by atoms with Crippen LogP contribution in [0.25, 0.3) is 10.2 Å². The lowest BCUT2D eigenvalue weighted by Crippen LogP contribution is -2.56. The smallest absolute Gasteiger partial charge is 0.234 e. The number of rotatable bonds is 6. The Hall–Kier alpha value is -1.54. The summed E-state index contributed by atoms with van der Waals surface area (Å²) in [6, 6.07) is 8.53. The molecule has 1 atom stereocenters. The molecule has 1 aromatic heterocycles. The maximum absolute atomic E-state index is 12.7. The van der Waals surface area contributed by atoms with Crippen LogP contribution in [0.5, 0.6) is 0 Å². The Labute approximate surface area is 170 Å².